The van der Waals surface area contributed by atoms with Crippen molar-refractivity contribution < 1.29 is 23.5 Å². The summed E-state index contributed by atoms with van der Waals surface area (Å²) in [6, 6.07) is 11.2. The molecule has 0 bridgehead atoms. The van der Waals surface area contributed by atoms with E-state index in [9.17, 15) is 14.0 Å². The number of nitrogens with one attached hydrogen (secondary N) is 2. The van der Waals surface area contributed by atoms with E-state index >= 15 is 0 Å². The van der Waals surface area contributed by atoms with Crippen LogP contribution in [0.25, 0.3) is 0 Å². The molecule has 2 aromatic rings. The van der Waals surface area contributed by atoms with Crippen LogP contribution in [0.2, 0.25) is 5.02 Å². The number of halogens is 2. The maximum atomic E-state index is 14.2. The molecular weight excluding hydrogens is 423 g/mol. The molecule has 0 spiro atoms. The van der Waals surface area contributed by atoms with E-state index in [1.165, 1.54) is 18.2 Å². The average molecular weight is 449 g/mol. The Morgan fingerprint density at radius 2 is 1.77 bits per heavy atom. The van der Waals surface area contributed by atoms with Crippen LogP contribution in [0.3, 0.4) is 0 Å². The zero-order chi connectivity index (χ0) is 22.6. The normalized spacial score (nSPS) is 15.8. The average Bonchev–Trinajstić information content (AvgIpc) is 2.70. The predicted octanol–water partition coefficient (Wildman–Crippen LogP) is 5.51. The molecule has 0 atom stereocenters. The lowest BCUT2D eigenvalue weighted by Gasteiger charge is -2.36. The zero-order valence-corrected chi connectivity index (χ0v) is 18.5. The van der Waals surface area contributed by atoms with E-state index in [0.29, 0.717) is 36.8 Å². The number of carbonyl (C=O) groups is 2. The number of benzene rings is 2. The molecule has 0 unspecified atom stereocenters. The summed E-state index contributed by atoms with van der Waals surface area (Å²) in [7, 11) is 0. The largest absolute Gasteiger partial charge is 0.444 e. The maximum Gasteiger partial charge on any atom is 0.412 e. The number of rotatable bonds is 4. The summed E-state index contributed by atoms with van der Waals surface area (Å²) >= 11 is 6.42. The summed E-state index contributed by atoms with van der Waals surface area (Å²) in [5.41, 5.74) is -0.617. The molecule has 0 saturated carbocycles. The Balaban J connectivity index is 1.84. The van der Waals surface area contributed by atoms with Crippen molar-refractivity contribution in [2.75, 3.05) is 23.8 Å². The Bertz CT molecular complexity index is 968. The number of hydrogen-bond acceptors (Lipinski definition) is 4. The molecule has 2 amide bonds. The number of ether oxygens (including phenoxy) is 2. The third-order valence-electron chi connectivity index (χ3n) is 5.03. The summed E-state index contributed by atoms with van der Waals surface area (Å²) in [6.07, 6.45) is 0.145. The number of hydrogen-bond donors (Lipinski definition) is 2. The standard InChI is InChI=1S/C23H26ClFN2O4/c1-22(2,3)31-21(29)27-19-14-15(8-9-18(19)25)26-20(28)23(10-12-30-13-11-23)16-6-4-5-7-17(16)24/h4-9,14H,10-13H2,1-3H3,(H,26,28)(H,27,29). The molecule has 1 aliphatic rings. The Kier molecular flexibility index (Phi) is 6.86. The molecule has 3 rings (SSSR count). The maximum absolute atomic E-state index is 14.2. The minimum absolute atomic E-state index is 0.0918. The van der Waals surface area contributed by atoms with Gasteiger partial charge in [-0.1, -0.05) is 29.8 Å². The number of anilines is 2. The van der Waals surface area contributed by atoms with Crippen LogP contribution in [-0.4, -0.2) is 30.8 Å². The molecule has 0 aromatic heterocycles. The first kappa shape index (κ1) is 23.0. The van der Waals surface area contributed by atoms with Crippen molar-refractivity contribution in [3.05, 3.63) is 58.9 Å². The third kappa shape index (κ3) is 5.54. The molecule has 1 saturated heterocycles. The van der Waals surface area contributed by atoms with Gasteiger partial charge in [-0.15, -0.1) is 0 Å². The van der Waals surface area contributed by atoms with Crippen LogP contribution in [0, 0.1) is 5.82 Å². The van der Waals surface area contributed by atoms with Crippen LogP contribution in [0.4, 0.5) is 20.6 Å². The zero-order valence-electron chi connectivity index (χ0n) is 17.8. The van der Waals surface area contributed by atoms with Gasteiger partial charge in [-0.05, 0) is 63.4 Å². The van der Waals surface area contributed by atoms with Gasteiger partial charge in [0.15, 0.2) is 0 Å². The summed E-state index contributed by atoms with van der Waals surface area (Å²) < 4.78 is 24.9. The molecule has 1 heterocycles. The van der Waals surface area contributed by atoms with Gasteiger partial charge < -0.3 is 14.8 Å². The van der Waals surface area contributed by atoms with Crippen molar-refractivity contribution in [3.63, 3.8) is 0 Å². The Labute approximate surface area is 186 Å². The van der Waals surface area contributed by atoms with Crippen LogP contribution in [-0.2, 0) is 19.7 Å². The fourth-order valence-corrected chi connectivity index (χ4v) is 3.87. The van der Waals surface area contributed by atoms with Gasteiger partial charge in [-0.3, -0.25) is 10.1 Å². The second-order valence-corrected chi connectivity index (χ2v) is 8.86. The summed E-state index contributed by atoms with van der Waals surface area (Å²) in [4.78, 5) is 25.4. The molecule has 166 valence electrons. The lowest BCUT2D eigenvalue weighted by Crippen LogP contribution is -2.45. The highest BCUT2D eigenvalue weighted by atomic mass is 35.5. The highest BCUT2D eigenvalue weighted by molar-refractivity contribution is 6.31. The smallest absolute Gasteiger partial charge is 0.412 e. The van der Waals surface area contributed by atoms with E-state index in [-0.39, 0.29) is 11.6 Å². The van der Waals surface area contributed by atoms with Crippen LogP contribution in [0.5, 0.6) is 0 Å². The van der Waals surface area contributed by atoms with Crippen molar-refractivity contribution in [1.29, 1.82) is 0 Å². The minimum Gasteiger partial charge on any atom is -0.444 e. The molecule has 31 heavy (non-hydrogen) atoms. The van der Waals surface area contributed by atoms with Gasteiger partial charge in [0.2, 0.25) is 5.91 Å². The number of amides is 2. The second-order valence-electron chi connectivity index (χ2n) is 8.45. The van der Waals surface area contributed by atoms with Crippen molar-refractivity contribution >= 4 is 35.0 Å². The van der Waals surface area contributed by atoms with Crippen molar-refractivity contribution in [1.82, 2.24) is 0 Å². The van der Waals surface area contributed by atoms with Crippen molar-refractivity contribution in [2.45, 2.75) is 44.6 Å². The van der Waals surface area contributed by atoms with Gasteiger partial charge in [0, 0.05) is 23.9 Å². The molecular formula is C23H26ClFN2O4. The summed E-state index contributed by atoms with van der Waals surface area (Å²) in [6.45, 7) is 5.98. The van der Waals surface area contributed by atoms with Crippen LogP contribution >= 0.6 is 11.6 Å². The third-order valence-corrected chi connectivity index (χ3v) is 5.36. The first-order valence-corrected chi connectivity index (χ1v) is 10.4. The molecule has 2 N–H and O–H groups in total. The lowest BCUT2D eigenvalue weighted by molar-refractivity contribution is -0.125. The highest BCUT2D eigenvalue weighted by Crippen LogP contribution is 2.39. The predicted molar refractivity (Wildman–Crippen MR) is 118 cm³/mol. The molecule has 1 fully saturated rings. The van der Waals surface area contributed by atoms with Gasteiger partial charge in [-0.25, -0.2) is 9.18 Å². The monoisotopic (exact) mass is 448 g/mol. The van der Waals surface area contributed by atoms with Gasteiger partial charge in [0.25, 0.3) is 0 Å². The van der Waals surface area contributed by atoms with Crippen LogP contribution in [0.1, 0.15) is 39.2 Å². The van der Waals surface area contributed by atoms with E-state index in [1.807, 2.05) is 18.2 Å². The Hall–Kier alpha value is -2.64. The first-order valence-electron chi connectivity index (χ1n) is 10.0. The van der Waals surface area contributed by atoms with Crippen LogP contribution < -0.4 is 10.6 Å². The van der Waals surface area contributed by atoms with Crippen molar-refractivity contribution in [2.24, 2.45) is 0 Å². The van der Waals surface area contributed by atoms with E-state index in [1.54, 1.807) is 26.8 Å². The van der Waals surface area contributed by atoms with Crippen LogP contribution in [0.15, 0.2) is 42.5 Å². The Morgan fingerprint density at radius 1 is 1.10 bits per heavy atom. The molecule has 8 heteroatoms. The first-order chi connectivity index (χ1) is 14.6. The molecule has 6 nitrogen and oxygen atoms in total. The minimum atomic E-state index is -0.871. The van der Waals surface area contributed by atoms with E-state index < -0.39 is 22.9 Å². The summed E-state index contributed by atoms with van der Waals surface area (Å²) in [5.74, 6) is -0.908. The fourth-order valence-electron chi connectivity index (χ4n) is 3.55. The second kappa shape index (κ2) is 9.24. The van der Waals surface area contributed by atoms with Gasteiger partial charge in [-0.2, -0.15) is 0 Å². The highest BCUT2D eigenvalue weighted by Gasteiger charge is 2.43. The Morgan fingerprint density at radius 3 is 2.42 bits per heavy atom. The van der Waals surface area contributed by atoms with Gasteiger partial charge in [0.1, 0.15) is 11.4 Å². The fraction of sp³-hybridized carbons (Fsp3) is 0.391. The summed E-state index contributed by atoms with van der Waals surface area (Å²) in [5, 5.41) is 5.74. The quantitative estimate of drug-likeness (QED) is 0.646. The topological polar surface area (TPSA) is 76.7 Å². The molecule has 0 radical (unpaired) electrons. The van der Waals surface area contributed by atoms with Crippen molar-refractivity contribution in [3.8, 4) is 0 Å². The van der Waals surface area contributed by atoms with Gasteiger partial charge in [0.05, 0.1) is 11.1 Å². The number of carbonyl (C=O) groups excluding carboxylic acids is 2. The van der Waals surface area contributed by atoms with E-state index in [0.717, 1.165) is 5.56 Å². The molecule has 0 aliphatic carbocycles. The molecule has 1 aliphatic heterocycles. The van der Waals surface area contributed by atoms with Gasteiger partial charge >= 0.3 is 6.09 Å². The lowest BCUT2D eigenvalue weighted by atomic mass is 9.73. The SMILES string of the molecule is CC(C)(C)OC(=O)Nc1cc(NC(=O)C2(c3ccccc3Cl)CCOCC2)ccc1F. The van der Waals surface area contributed by atoms with E-state index in [4.69, 9.17) is 21.1 Å². The van der Waals surface area contributed by atoms with E-state index in [2.05, 4.69) is 10.6 Å². The molecule has 2 aromatic carbocycles.